The summed E-state index contributed by atoms with van der Waals surface area (Å²) in [5, 5.41) is 2.85. The molecule has 0 spiro atoms. The summed E-state index contributed by atoms with van der Waals surface area (Å²) < 4.78 is 14.7. The summed E-state index contributed by atoms with van der Waals surface area (Å²) in [5.41, 5.74) is 3.14. The standard InChI is InChI=1S/C24H24FN3O2/c1-16(2)28(17(3)29)23-11-10-21(13-22(23)25)19-6-8-20(9-7-19)24(30)27-15-18-5-4-12-26-14-18/h4-14,16H,15H2,1-3H3,(H,27,30). The third kappa shape index (κ3) is 4.89. The Hall–Kier alpha value is -3.54. The van der Waals surface area contributed by atoms with Crippen LogP contribution in [0.3, 0.4) is 0 Å². The van der Waals surface area contributed by atoms with E-state index in [2.05, 4.69) is 10.3 Å². The lowest BCUT2D eigenvalue weighted by atomic mass is 10.0. The Morgan fingerprint density at radius 2 is 1.77 bits per heavy atom. The number of aromatic nitrogens is 1. The molecule has 0 bridgehead atoms. The highest BCUT2D eigenvalue weighted by atomic mass is 19.1. The summed E-state index contributed by atoms with van der Waals surface area (Å²) in [7, 11) is 0. The maximum absolute atomic E-state index is 14.7. The number of hydrogen-bond acceptors (Lipinski definition) is 3. The van der Waals surface area contributed by atoms with E-state index >= 15 is 0 Å². The molecule has 6 heteroatoms. The molecule has 0 atom stereocenters. The van der Waals surface area contributed by atoms with Gasteiger partial charge >= 0.3 is 0 Å². The second-order valence-electron chi connectivity index (χ2n) is 7.27. The lowest BCUT2D eigenvalue weighted by Crippen LogP contribution is -2.35. The molecule has 0 fully saturated rings. The lowest BCUT2D eigenvalue weighted by molar-refractivity contribution is -0.116. The molecule has 3 rings (SSSR count). The molecule has 30 heavy (non-hydrogen) atoms. The fourth-order valence-electron chi connectivity index (χ4n) is 3.29. The largest absolute Gasteiger partial charge is 0.348 e. The van der Waals surface area contributed by atoms with Crippen LogP contribution in [0.2, 0.25) is 0 Å². The normalized spacial score (nSPS) is 10.7. The minimum atomic E-state index is -0.463. The van der Waals surface area contributed by atoms with Crippen molar-refractivity contribution in [3.63, 3.8) is 0 Å². The number of rotatable bonds is 6. The first-order valence-electron chi connectivity index (χ1n) is 9.73. The first kappa shape index (κ1) is 21.2. The van der Waals surface area contributed by atoms with Gasteiger partial charge in [-0.3, -0.25) is 14.6 Å². The molecule has 3 aromatic rings. The first-order chi connectivity index (χ1) is 14.4. The first-order valence-corrected chi connectivity index (χ1v) is 9.73. The third-order valence-corrected chi connectivity index (χ3v) is 4.72. The topological polar surface area (TPSA) is 62.3 Å². The molecule has 1 N–H and O–H groups in total. The minimum absolute atomic E-state index is 0.146. The molecular weight excluding hydrogens is 381 g/mol. The van der Waals surface area contributed by atoms with Gasteiger partial charge in [-0.25, -0.2) is 4.39 Å². The second kappa shape index (κ2) is 9.31. The zero-order valence-corrected chi connectivity index (χ0v) is 17.2. The fourth-order valence-corrected chi connectivity index (χ4v) is 3.29. The number of pyridine rings is 1. The quantitative estimate of drug-likeness (QED) is 0.653. The molecule has 5 nitrogen and oxygen atoms in total. The van der Waals surface area contributed by atoms with Gasteiger partial charge in [0.15, 0.2) is 0 Å². The predicted molar refractivity (Wildman–Crippen MR) is 116 cm³/mol. The number of carbonyl (C=O) groups excluding carboxylic acids is 2. The van der Waals surface area contributed by atoms with Gasteiger partial charge in [0.1, 0.15) is 5.82 Å². The Bertz CT molecular complexity index is 1030. The average Bonchev–Trinajstić information content (AvgIpc) is 2.73. The number of nitrogens with zero attached hydrogens (tertiary/aromatic N) is 2. The number of anilines is 1. The van der Waals surface area contributed by atoms with E-state index in [1.54, 1.807) is 48.8 Å². The number of nitrogens with one attached hydrogen (secondary N) is 1. The van der Waals surface area contributed by atoms with Crippen LogP contribution in [0.5, 0.6) is 0 Å². The van der Waals surface area contributed by atoms with Crippen molar-refractivity contribution < 1.29 is 14.0 Å². The van der Waals surface area contributed by atoms with Crippen LogP contribution in [0.4, 0.5) is 10.1 Å². The Balaban J connectivity index is 1.73. The smallest absolute Gasteiger partial charge is 0.251 e. The van der Waals surface area contributed by atoms with Gasteiger partial charge in [0.05, 0.1) is 5.69 Å². The van der Waals surface area contributed by atoms with Crippen molar-refractivity contribution in [3.8, 4) is 11.1 Å². The van der Waals surface area contributed by atoms with E-state index < -0.39 is 5.82 Å². The van der Waals surface area contributed by atoms with Crippen LogP contribution in [0.1, 0.15) is 36.7 Å². The van der Waals surface area contributed by atoms with Crippen LogP contribution in [-0.4, -0.2) is 22.8 Å². The molecule has 2 aromatic carbocycles. The van der Waals surface area contributed by atoms with Crippen molar-refractivity contribution >= 4 is 17.5 Å². The summed E-state index contributed by atoms with van der Waals surface area (Å²) in [6, 6.07) is 15.3. The summed E-state index contributed by atoms with van der Waals surface area (Å²) in [6.07, 6.45) is 3.38. The molecule has 2 amide bonds. The van der Waals surface area contributed by atoms with Crippen molar-refractivity contribution in [2.75, 3.05) is 4.90 Å². The Kier molecular flexibility index (Phi) is 6.57. The lowest BCUT2D eigenvalue weighted by Gasteiger charge is -2.26. The van der Waals surface area contributed by atoms with Crippen LogP contribution in [-0.2, 0) is 11.3 Å². The number of halogens is 1. The van der Waals surface area contributed by atoms with Gasteiger partial charge in [-0.15, -0.1) is 0 Å². The monoisotopic (exact) mass is 405 g/mol. The molecule has 0 aliphatic rings. The highest BCUT2D eigenvalue weighted by molar-refractivity contribution is 5.95. The highest BCUT2D eigenvalue weighted by Crippen LogP contribution is 2.28. The van der Waals surface area contributed by atoms with Crippen molar-refractivity contribution in [1.82, 2.24) is 10.3 Å². The Morgan fingerprint density at radius 3 is 2.33 bits per heavy atom. The number of hydrogen-bond donors (Lipinski definition) is 1. The maximum Gasteiger partial charge on any atom is 0.251 e. The average molecular weight is 405 g/mol. The van der Waals surface area contributed by atoms with E-state index in [1.807, 2.05) is 26.0 Å². The molecule has 0 aliphatic heterocycles. The van der Waals surface area contributed by atoms with E-state index in [0.29, 0.717) is 17.7 Å². The number of carbonyl (C=O) groups is 2. The Morgan fingerprint density at radius 1 is 1.07 bits per heavy atom. The van der Waals surface area contributed by atoms with Gasteiger partial charge in [-0.2, -0.15) is 0 Å². The van der Waals surface area contributed by atoms with E-state index in [4.69, 9.17) is 0 Å². The molecule has 1 heterocycles. The SMILES string of the molecule is CC(=O)N(c1ccc(-c2ccc(C(=O)NCc3cccnc3)cc2)cc1F)C(C)C. The van der Waals surface area contributed by atoms with Crippen molar-refractivity contribution in [2.24, 2.45) is 0 Å². The van der Waals surface area contributed by atoms with E-state index in [0.717, 1.165) is 11.1 Å². The number of amides is 2. The summed E-state index contributed by atoms with van der Waals surface area (Å²) in [5.74, 6) is -0.867. The van der Waals surface area contributed by atoms with Crippen LogP contribution < -0.4 is 10.2 Å². The summed E-state index contributed by atoms with van der Waals surface area (Å²) >= 11 is 0. The predicted octanol–water partition coefficient (Wildman–Crippen LogP) is 4.58. The zero-order chi connectivity index (χ0) is 21.7. The zero-order valence-electron chi connectivity index (χ0n) is 17.2. The van der Waals surface area contributed by atoms with Crippen LogP contribution in [0.25, 0.3) is 11.1 Å². The van der Waals surface area contributed by atoms with Crippen LogP contribution >= 0.6 is 0 Å². The molecule has 0 radical (unpaired) electrons. The van der Waals surface area contributed by atoms with Gasteiger partial charge in [0.2, 0.25) is 5.91 Å². The third-order valence-electron chi connectivity index (χ3n) is 4.72. The molecule has 0 saturated heterocycles. The highest BCUT2D eigenvalue weighted by Gasteiger charge is 2.19. The molecule has 0 unspecified atom stereocenters. The Labute approximate surface area is 175 Å². The van der Waals surface area contributed by atoms with Gasteiger partial charge in [0.25, 0.3) is 5.91 Å². The van der Waals surface area contributed by atoms with Gasteiger partial charge in [-0.05, 0) is 60.9 Å². The number of benzene rings is 2. The van der Waals surface area contributed by atoms with Crippen LogP contribution in [0.15, 0.2) is 67.0 Å². The second-order valence-corrected chi connectivity index (χ2v) is 7.27. The van der Waals surface area contributed by atoms with Gasteiger partial charge < -0.3 is 10.2 Å². The van der Waals surface area contributed by atoms with Crippen molar-refractivity contribution in [3.05, 3.63) is 83.9 Å². The van der Waals surface area contributed by atoms with E-state index in [1.165, 1.54) is 17.9 Å². The van der Waals surface area contributed by atoms with E-state index in [-0.39, 0.29) is 23.5 Å². The maximum atomic E-state index is 14.7. The van der Waals surface area contributed by atoms with Crippen LogP contribution in [0, 0.1) is 5.82 Å². The van der Waals surface area contributed by atoms with Crippen molar-refractivity contribution in [1.29, 1.82) is 0 Å². The molecule has 154 valence electrons. The minimum Gasteiger partial charge on any atom is -0.348 e. The summed E-state index contributed by atoms with van der Waals surface area (Å²) in [6.45, 7) is 5.49. The van der Waals surface area contributed by atoms with Gasteiger partial charge in [-0.1, -0.05) is 24.3 Å². The summed E-state index contributed by atoms with van der Waals surface area (Å²) in [4.78, 5) is 29.6. The molecule has 1 aromatic heterocycles. The van der Waals surface area contributed by atoms with Crippen molar-refractivity contribution in [2.45, 2.75) is 33.4 Å². The molecule has 0 saturated carbocycles. The fraction of sp³-hybridized carbons (Fsp3) is 0.208. The van der Waals surface area contributed by atoms with E-state index in [9.17, 15) is 14.0 Å². The van der Waals surface area contributed by atoms with Gasteiger partial charge in [0, 0.05) is 37.5 Å². The molecule has 0 aliphatic carbocycles. The molecular formula is C24H24FN3O2.